The molecule has 1 atom stereocenters. The lowest BCUT2D eigenvalue weighted by atomic mass is 10.0. The zero-order valence-electron chi connectivity index (χ0n) is 12.2. The predicted molar refractivity (Wildman–Crippen MR) is 87.0 cm³/mol. The number of aliphatic hydroxyl groups excluding tert-OH is 1. The van der Waals surface area contributed by atoms with Crippen LogP contribution in [0.25, 0.3) is 0 Å². The molecule has 4 heteroatoms. The van der Waals surface area contributed by atoms with Crippen LogP contribution in [-0.4, -0.2) is 18.8 Å². The van der Waals surface area contributed by atoms with Gasteiger partial charge in [0.15, 0.2) is 0 Å². The zero-order valence-corrected chi connectivity index (χ0v) is 13.8. The molecule has 0 aromatic heterocycles. The van der Waals surface area contributed by atoms with E-state index in [9.17, 15) is 5.11 Å². The third-order valence-corrected chi connectivity index (χ3v) is 3.89. The summed E-state index contributed by atoms with van der Waals surface area (Å²) in [5.74, 6) is 1.53. The Kier molecular flexibility index (Phi) is 5.65. The van der Waals surface area contributed by atoms with Crippen LogP contribution in [0, 0.1) is 0 Å². The van der Waals surface area contributed by atoms with Gasteiger partial charge in [0.25, 0.3) is 0 Å². The van der Waals surface area contributed by atoms with Gasteiger partial charge in [0, 0.05) is 10.0 Å². The highest BCUT2D eigenvalue weighted by atomic mass is 79.9. The van der Waals surface area contributed by atoms with E-state index in [0.717, 1.165) is 33.5 Å². The molecule has 2 aromatic carbocycles. The first-order valence-electron chi connectivity index (χ1n) is 6.90. The van der Waals surface area contributed by atoms with Crippen molar-refractivity contribution in [2.75, 3.05) is 13.7 Å². The van der Waals surface area contributed by atoms with Gasteiger partial charge in [-0.15, -0.1) is 0 Å². The summed E-state index contributed by atoms with van der Waals surface area (Å²) in [4.78, 5) is 0. The van der Waals surface area contributed by atoms with Gasteiger partial charge in [0.05, 0.1) is 13.7 Å². The molecule has 0 heterocycles. The third-order valence-electron chi connectivity index (χ3n) is 3.17. The summed E-state index contributed by atoms with van der Waals surface area (Å²) in [6, 6.07) is 13.1. The second-order valence-corrected chi connectivity index (χ2v) is 5.56. The van der Waals surface area contributed by atoms with Crippen LogP contribution in [0.1, 0.15) is 30.6 Å². The van der Waals surface area contributed by atoms with Gasteiger partial charge >= 0.3 is 0 Å². The Morgan fingerprint density at radius 2 is 1.76 bits per heavy atom. The van der Waals surface area contributed by atoms with Gasteiger partial charge in [0.2, 0.25) is 0 Å². The van der Waals surface area contributed by atoms with Crippen molar-refractivity contribution in [3.8, 4) is 11.5 Å². The topological polar surface area (TPSA) is 38.7 Å². The Labute approximate surface area is 133 Å². The molecule has 0 aliphatic heterocycles. The van der Waals surface area contributed by atoms with Crippen molar-refractivity contribution >= 4 is 15.9 Å². The van der Waals surface area contributed by atoms with Crippen molar-refractivity contribution in [3.05, 3.63) is 58.1 Å². The molecule has 0 amide bonds. The van der Waals surface area contributed by atoms with Crippen molar-refractivity contribution in [3.63, 3.8) is 0 Å². The molecule has 0 aliphatic carbocycles. The Hall–Kier alpha value is -1.52. The molecule has 0 bridgehead atoms. The molecule has 0 saturated heterocycles. The number of benzene rings is 2. The third kappa shape index (κ3) is 3.99. The van der Waals surface area contributed by atoms with Crippen LogP contribution < -0.4 is 9.47 Å². The second kappa shape index (κ2) is 7.48. The van der Waals surface area contributed by atoms with Gasteiger partial charge in [0.1, 0.15) is 17.6 Å². The van der Waals surface area contributed by atoms with E-state index in [1.165, 1.54) is 0 Å². The number of ether oxygens (including phenoxy) is 2. The molecule has 0 saturated carbocycles. The first-order valence-corrected chi connectivity index (χ1v) is 7.69. The molecule has 1 N–H and O–H groups in total. The molecule has 2 rings (SSSR count). The maximum Gasteiger partial charge on any atom is 0.119 e. The Morgan fingerprint density at radius 1 is 1.10 bits per heavy atom. The quantitative estimate of drug-likeness (QED) is 0.842. The largest absolute Gasteiger partial charge is 0.497 e. The van der Waals surface area contributed by atoms with Crippen LogP contribution in [0.4, 0.5) is 0 Å². The molecule has 0 aliphatic rings. The smallest absolute Gasteiger partial charge is 0.119 e. The Bertz CT molecular complexity index is 581. The Morgan fingerprint density at radius 3 is 2.38 bits per heavy atom. The molecule has 0 radical (unpaired) electrons. The van der Waals surface area contributed by atoms with Crippen LogP contribution in [0.5, 0.6) is 11.5 Å². The lowest BCUT2D eigenvalue weighted by molar-refractivity contribution is 0.218. The van der Waals surface area contributed by atoms with E-state index in [1.54, 1.807) is 7.11 Å². The number of hydrogen-bond acceptors (Lipinski definition) is 3. The van der Waals surface area contributed by atoms with Crippen LogP contribution in [-0.2, 0) is 0 Å². The molecule has 2 aromatic rings. The summed E-state index contributed by atoms with van der Waals surface area (Å²) in [6.45, 7) is 2.77. The number of methoxy groups -OCH3 is 1. The van der Waals surface area contributed by atoms with Crippen LogP contribution in [0.2, 0.25) is 0 Å². The van der Waals surface area contributed by atoms with E-state index in [4.69, 9.17) is 9.47 Å². The highest BCUT2D eigenvalue weighted by Crippen LogP contribution is 2.32. The summed E-state index contributed by atoms with van der Waals surface area (Å²) >= 11 is 3.47. The molecule has 0 spiro atoms. The van der Waals surface area contributed by atoms with Gasteiger partial charge in [-0.1, -0.05) is 35.0 Å². The summed E-state index contributed by atoms with van der Waals surface area (Å²) in [5, 5.41) is 10.5. The maximum absolute atomic E-state index is 10.5. The number of rotatable bonds is 6. The average molecular weight is 351 g/mol. The molecular weight excluding hydrogens is 332 g/mol. The minimum Gasteiger partial charge on any atom is -0.497 e. The van der Waals surface area contributed by atoms with E-state index in [2.05, 4.69) is 22.9 Å². The molecular formula is C17H19BrO3. The van der Waals surface area contributed by atoms with Crippen molar-refractivity contribution in [2.24, 2.45) is 0 Å². The van der Waals surface area contributed by atoms with E-state index in [1.807, 2.05) is 42.5 Å². The highest BCUT2D eigenvalue weighted by molar-refractivity contribution is 9.10. The van der Waals surface area contributed by atoms with E-state index in [-0.39, 0.29) is 0 Å². The average Bonchev–Trinajstić information content (AvgIpc) is 2.53. The second-order valence-electron chi connectivity index (χ2n) is 4.71. The fraction of sp³-hybridized carbons (Fsp3) is 0.294. The summed E-state index contributed by atoms with van der Waals surface area (Å²) in [5.41, 5.74) is 1.59. The molecule has 1 unspecified atom stereocenters. The summed E-state index contributed by atoms with van der Waals surface area (Å²) < 4.78 is 11.6. The molecule has 112 valence electrons. The van der Waals surface area contributed by atoms with Crippen molar-refractivity contribution < 1.29 is 14.6 Å². The van der Waals surface area contributed by atoms with Gasteiger partial charge in [-0.2, -0.15) is 0 Å². The lowest BCUT2D eigenvalue weighted by Crippen LogP contribution is -2.02. The number of halogens is 1. The van der Waals surface area contributed by atoms with Crippen LogP contribution in [0.3, 0.4) is 0 Å². The highest BCUT2D eigenvalue weighted by Gasteiger charge is 2.14. The van der Waals surface area contributed by atoms with Crippen molar-refractivity contribution in [1.29, 1.82) is 0 Å². The number of aliphatic hydroxyl groups is 1. The zero-order chi connectivity index (χ0) is 15.2. The van der Waals surface area contributed by atoms with E-state index in [0.29, 0.717) is 6.61 Å². The lowest BCUT2D eigenvalue weighted by Gasteiger charge is -2.15. The van der Waals surface area contributed by atoms with Gasteiger partial charge < -0.3 is 14.6 Å². The summed E-state index contributed by atoms with van der Waals surface area (Å²) in [7, 11) is 1.61. The minimum atomic E-state index is -0.713. The van der Waals surface area contributed by atoms with E-state index < -0.39 is 6.10 Å². The van der Waals surface area contributed by atoms with E-state index >= 15 is 0 Å². The predicted octanol–water partition coefficient (Wildman–Crippen LogP) is 4.33. The SMILES string of the molecule is CCCOc1ccc(C(O)c2cc(OC)ccc2Br)cc1. The number of hydrogen-bond donors (Lipinski definition) is 1. The monoisotopic (exact) mass is 350 g/mol. The van der Waals surface area contributed by atoms with Crippen molar-refractivity contribution in [2.45, 2.75) is 19.4 Å². The van der Waals surface area contributed by atoms with Gasteiger partial charge in [-0.05, 0) is 42.3 Å². The molecule has 0 fully saturated rings. The van der Waals surface area contributed by atoms with Crippen molar-refractivity contribution in [1.82, 2.24) is 0 Å². The van der Waals surface area contributed by atoms with Crippen LogP contribution in [0.15, 0.2) is 46.9 Å². The Balaban J connectivity index is 2.21. The normalized spacial score (nSPS) is 12.0. The fourth-order valence-electron chi connectivity index (χ4n) is 2.00. The standard InChI is InChI=1S/C17H19BrO3/c1-3-10-21-13-6-4-12(5-7-13)17(19)15-11-14(20-2)8-9-16(15)18/h4-9,11,17,19H,3,10H2,1-2H3. The summed E-state index contributed by atoms with van der Waals surface area (Å²) in [6.07, 6.45) is 0.260. The first-order chi connectivity index (χ1) is 10.2. The molecule has 3 nitrogen and oxygen atoms in total. The molecule has 21 heavy (non-hydrogen) atoms. The minimum absolute atomic E-state index is 0.698. The van der Waals surface area contributed by atoms with Gasteiger partial charge in [-0.25, -0.2) is 0 Å². The maximum atomic E-state index is 10.5. The first kappa shape index (κ1) is 15.9. The fourth-order valence-corrected chi connectivity index (χ4v) is 2.47. The van der Waals surface area contributed by atoms with Gasteiger partial charge in [-0.3, -0.25) is 0 Å². The van der Waals surface area contributed by atoms with Crippen LogP contribution >= 0.6 is 15.9 Å².